The maximum atomic E-state index is 11.0. The molecular formula is C13H16BrNO2S2. The molecule has 0 atom stereocenters. The van der Waals surface area contributed by atoms with E-state index < -0.39 is 0 Å². The Labute approximate surface area is 129 Å². The standard InChI is InChI=1S/C13H16BrNO2S2/c1-7(16)17-15-9-6-13(2,3)5-8-10(9)12(18-4)19-11(8)14/h5-6H2,1-4H3/b15-9+. The van der Waals surface area contributed by atoms with Gasteiger partial charge in [0.15, 0.2) is 0 Å². The molecule has 0 radical (unpaired) electrons. The summed E-state index contributed by atoms with van der Waals surface area (Å²) in [6, 6.07) is 0. The molecule has 6 heteroatoms. The van der Waals surface area contributed by atoms with Crippen LogP contribution in [-0.4, -0.2) is 17.9 Å². The third-order valence-corrected chi connectivity index (χ3v) is 6.09. The van der Waals surface area contributed by atoms with Crippen LogP contribution in [0.25, 0.3) is 0 Å². The molecule has 0 fully saturated rings. The van der Waals surface area contributed by atoms with Gasteiger partial charge in [-0.15, -0.1) is 23.1 Å². The summed E-state index contributed by atoms with van der Waals surface area (Å²) in [6.45, 7) is 5.79. The number of carbonyl (C=O) groups is 1. The van der Waals surface area contributed by atoms with Crippen LogP contribution < -0.4 is 0 Å². The Morgan fingerprint density at radius 1 is 1.47 bits per heavy atom. The number of oxime groups is 1. The number of hydrogen-bond acceptors (Lipinski definition) is 5. The van der Waals surface area contributed by atoms with Gasteiger partial charge in [-0.2, -0.15) is 0 Å². The minimum atomic E-state index is -0.377. The Hall–Kier alpha value is -0.330. The van der Waals surface area contributed by atoms with Crippen LogP contribution in [0.15, 0.2) is 13.2 Å². The van der Waals surface area contributed by atoms with Gasteiger partial charge in [-0.3, -0.25) is 0 Å². The topological polar surface area (TPSA) is 38.7 Å². The van der Waals surface area contributed by atoms with E-state index in [0.29, 0.717) is 0 Å². The Balaban J connectivity index is 2.52. The quantitative estimate of drug-likeness (QED) is 0.443. The molecule has 0 unspecified atom stereocenters. The van der Waals surface area contributed by atoms with Gasteiger partial charge in [-0.25, -0.2) is 4.79 Å². The summed E-state index contributed by atoms with van der Waals surface area (Å²) in [6.07, 6.45) is 3.89. The zero-order valence-electron chi connectivity index (χ0n) is 11.4. The van der Waals surface area contributed by atoms with Crippen molar-refractivity contribution < 1.29 is 9.63 Å². The molecule has 2 rings (SSSR count). The van der Waals surface area contributed by atoms with Crippen molar-refractivity contribution in [3.8, 4) is 0 Å². The molecular weight excluding hydrogens is 346 g/mol. The normalized spacial score (nSPS) is 19.3. The molecule has 104 valence electrons. The van der Waals surface area contributed by atoms with Crippen LogP contribution >= 0.6 is 39.0 Å². The molecule has 0 spiro atoms. The number of hydrogen-bond donors (Lipinski definition) is 0. The highest BCUT2D eigenvalue weighted by atomic mass is 79.9. The van der Waals surface area contributed by atoms with E-state index >= 15 is 0 Å². The van der Waals surface area contributed by atoms with Crippen LogP contribution in [0.3, 0.4) is 0 Å². The van der Waals surface area contributed by atoms with Crippen molar-refractivity contribution in [3.05, 3.63) is 14.9 Å². The number of carbonyl (C=O) groups excluding carboxylic acids is 1. The highest BCUT2D eigenvalue weighted by molar-refractivity contribution is 9.11. The highest BCUT2D eigenvalue weighted by Crippen LogP contribution is 2.46. The lowest BCUT2D eigenvalue weighted by Crippen LogP contribution is -2.27. The molecule has 0 amide bonds. The van der Waals surface area contributed by atoms with Crippen molar-refractivity contribution in [2.45, 2.75) is 37.8 Å². The number of halogens is 1. The monoisotopic (exact) mass is 361 g/mol. The van der Waals surface area contributed by atoms with E-state index in [0.717, 1.165) is 27.9 Å². The van der Waals surface area contributed by atoms with Crippen LogP contribution in [0.5, 0.6) is 0 Å². The van der Waals surface area contributed by atoms with Crippen molar-refractivity contribution >= 4 is 50.7 Å². The SMILES string of the molecule is CSc1sc(Br)c2c1/C(=N/OC(C)=O)CC(C)(C)C2. The first-order chi connectivity index (χ1) is 8.84. The predicted molar refractivity (Wildman–Crippen MR) is 84.2 cm³/mol. The molecule has 1 aromatic rings. The maximum absolute atomic E-state index is 11.0. The van der Waals surface area contributed by atoms with E-state index in [1.54, 1.807) is 23.1 Å². The Morgan fingerprint density at radius 3 is 2.74 bits per heavy atom. The van der Waals surface area contributed by atoms with Gasteiger partial charge in [-0.05, 0) is 46.0 Å². The summed E-state index contributed by atoms with van der Waals surface area (Å²) in [5.41, 5.74) is 3.46. The number of thiophene rings is 1. The van der Waals surface area contributed by atoms with Crippen molar-refractivity contribution in [3.63, 3.8) is 0 Å². The summed E-state index contributed by atoms with van der Waals surface area (Å²) < 4.78 is 2.39. The highest BCUT2D eigenvalue weighted by Gasteiger charge is 2.34. The molecule has 1 aliphatic rings. The molecule has 0 aliphatic heterocycles. The number of fused-ring (bicyclic) bond motifs is 1. The number of thioether (sulfide) groups is 1. The Bertz CT molecular complexity index is 549. The van der Waals surface area contributed by atoms with Crippen LogP contribution in [0, 0.1) is 5.41 Å². The molecule has 0 N–H and O–H groups in total. The Morgan fingerprint density at radius 2 is 2.16 bits per heavy atom. The lowest BCUT2D eigenvalue weighted by molar-refractivity contribution is -0.140. The summed E-state index contributed by atoms with van der Waals surface area (Å²) in [7, 11) is 0. The molecule has 0 aromatic carbocycles. The van der Waals surface area contributed by atoms with E-state index in [-0.39, 0.29) is 11.4 Å². The summed E-state index contributed by atoms with van der Waals surface area (Å²) in [5, 5.41) is 4.08. The van der Waals surface area contributed by atoms with Gasteiger partial charge in [0, 0.05) is 12.5 Å². The van der Waals surface area contributed by atoms with Crippen LogP contribution in [0.2, 0.25) is 0 Å². The van der Waals surface area contributed by atoms with Crippen LogP contribution in [-0.2, 0) is 16.1 Å². The van der Waals surface area contributed by atoms with Gasteiger partial charge in [0.2, 0.25) is 0 Å². The minimum absolute atomic E-state index is 0.130. The first-order valence-electron chi connectivity index (χ1n) is 5.94. The first-order valence-corrected chi connectivity index (χ1v) is 8.77. The Kier molecular flexibility index (Phi) is 4.42. The van der Waals surface area contributed by atoms with Crippen molar-refractivity contribution in [1.82, 2.24) is 0 Å². The summed E-state index contributed by atoms with van der Waals surface area (Å²) in [4.78, 5) is 15.8. The molecule has 1 aromatic heterocycles. The fraction of sp³-hybridized carbons (Fsp3) is 0.538. The number of rotatable bonds is 2. The van der Waals surface area contributed by atoms with Crippen molar-refractivity contribution in [2.75, 3.05) is 6.26 Å². The second-order valence-corrected chi connectivity index (χ2v) is 8.77. The molecule has 1 heterocycles. The van der Waals surface area contributed by atoms with Gasteiger partial charge in [-0.1, -0.05) is 19.0 Å². The lowest BCUT2D eigenvalue weighted by Gasteiger charge is -2.30. The fourth-order valence-corrected chi connectivity index (χ4v) is 5.27. The van der Waals surface area contributed by atoms with Crippen molar-refractivity contribution in [2.24, 2.45) is 10.6 Å². The third-order valence-electron chi connectivity index (χ3n) is 2.99. The second kappa shape index (κ2) is 5.58. The summed E-state index contributed by atoms with van der Waals surface area (Å²) >= 11 is 7.08. The molecule has 0 saturated heterocycles. The van der Waals surface area contributed by atoms with Gasteiger partial charge < -0.3 is 4.84 Å². The third kappa shape index (κ3) is 3.23. The molecule has 3 nitrogen and oxygen atoms in total. The average molecular weight is 362 g/mol. The predicted octanol–water partition coefficient (Wildman–Crippen LogP) is 4.47. The van der Waals surface area contributed by atoms with E-state index in [2.05, 4.69) is 41.2 Å². The van der Waals surface area contributed by atoms with Gasteiger partial charge in [0.1, 0.15) is 0 Å². The molecule has 1 aliphatic carbocycles. The van der Waals surface area contributed by atoms with E-state index in [1.807, 2.05) is 0 Å². The molecule has 19 heavy (non-hydrogen) atoms. The zero-order valence-corrected chi connectivity index (χ0v) is 14.6. The second-order valence-electron chi connectivity index (χ2n) is 5.36. The van der Waals surface area contributed by atoms with E-state index in [1.165, 1.54) is 16.7 Å². The van der Waals surface area contributed by atoms with Gasteiger partial charge >= 0.3 is 5.97 Å². The van der Waals surface area contributed by atoms with E-state index in [4.69, 9.17) is 4.84 Å². The number of nitrogens with zero attached hydrogens (tertiary/aromatic N) is 1. The molecule has 0 saturated carbocycles. The minimum Gasteiger partial charge on any atom is -0.318 e. The molecule has 0 bridgehead atoms. The smallest absolute Gasteiger partial charge is 0.318 e. The first kappa shape index (κ1) is 15.1. The van der Waals surface area contributed by atoms with Gasteiger partial charge in [0.05, 0.1) is 13.7 Å². The average Bonchev–Trinajstić information content (AvgIpc) is 2.62. The largest absolute Gasteiger partial charge is 0.331 e. The summed E-state index contributed by atoms with van der Waals surface area (Å²) in [5.74, 6) is -0.377. The van der Waals surface area contributed by atoms with Gasteiger partial charge in [0.25, 0.3) is 0 Å². The zero-order chi connectivity index (χ0) is 14.2. The van der Waals surface area contributed by atoms with Crippen molar-refractivity contribution in [1.29, 1.82) is 0 Å². The van der Waals surface area contributed by atoms with Crippen LogP contribution in [0.1, 0.15) is 38.3 Å². The van der Waals surface area contributed by atoms with E-state index in [9.17, 15) is 4.79 Å². The maximum Gasteiger partial charge on any atom is 0.331 e. The lowest BCUT2D eigenvalue weighted by atomic mass is 9.75. The fourth-order valence-electron chi connectivity index (χ4n) is 2.29. The van der Waals surface area contributed by atoms with Crippen LogP contribution in [0.4, 0.5) is 0 Å².